The highest BCUT2D eigenvalue weighted by molar-refractivity contribution is 7.30. The van der Waals surface area contributed by atoms with Crippen molar-refractivity contribution in [3.8, 4) is 0 Å². The van der Waals surface area contributed by atoms with Crippen LogP contribution in [0.5, 0.6) is 0 Å². The lowest BCUT2D eigenvalue weighted by atomic mass is 9.50. The van der Waals surface area contributed by atoms with Crippen LogP contribution in [0.15, 0.2) is 0 Å². The molecule has 24 heavy (non-hydrogen) atoms. The zero-order valence-electron chi connectivity index (χ0n) is 17.7. The Hall–Kier alpha value is 2.21. The van der Waals surface area contributed by atoms with E-state index in [2.05, 4.69) is 109 Å². The van der Waals surface area contributed by atoms with Crippen LogP contribution in [0.3, 0.4) is 0 Å². The van der Waals surface area contributed by atoms with Crippen LogP contribution in [0.2, 0.25) is 5.31 Å². The van der Waals surface area contributed by atoms with Crippen LogP contribution in [-0.2, 0) is 0 Å². The average Bonchev–Trinajstić information content (AvgIpc) is 2.36. The lowest BCUT2D eigenvalue weighted by Gasteiger charge is -2.65. The monoisotopic (exact) mass is 426 g/mol. The molecule has 0 N–H and O–H groups in total. The van der Waals surface area contributed by atoms with Gasteiger partial charge in [-0.25, -0.2) is 0 Å². The Balaban J connectivity index is 5.92. The van der Waals surface area contributed by atoms with Crippen molar-refractivity contribution in [3.63, 3.8) is 0 Å². The Morgan fingerprint density at radius 1 is 0.667 bits per heavy atom. The number of rotatable bonds is 9. The third-order valence-electron chi connectivity index (χ3n) is 7.55. The maximum absolute atomic E-state index is 3.25. The summed E-state index contributed by atoms with van der Waals surface area (Å²) in [7, 11) is 18.4. The van der Waals surface area contributed by atoms with E-state index in [9.17, 15) is 0 Å². The summed E-state index contributed by atoms with van der Waals surface area (Å²) in [6, 6.07) is 0. The van der Waals surface area contributed by atoms with Crippen molar-refractivity contribution >= 4 is 54.0 Å². The second-order valence-electron chi connectivity index (χ2n) is 9.83. The first-order chi connectivity index (χ1) is 10.3. The molecule has 0 heterocycles. The molecule has 0 spiro atoms. The van der Waals surface area contributed by atoms with Gasteiger partial charge >= 0.3 is 0 Å². The van der Waals surface area contributed by atoms with Crippen molar-refractivity contribution in [3.05, 3.63) is 0 Å². The fraction of sp³-hybridized carbons (Fsp3) is 1.00. The van der Waals surface area contributed by atoms with Gasteiger partial charge in [0.2, 0.25) is 0 Å². The Morgan fingerprint density at radius 2 is 1.08 bits per heavy atom. The molecule has 144 valence electrons. The summed E-state index contributed by atoms with van der Waals surface area (Å²) in [5.41, 5.74) is 0. The molecule has 0 aromatic carbocycles. The fourth-order valence-corrected chi connectivity index (χ4v) is 6.56. The third-order valence-corrected chi connectivity index (χ3v) is 13.9. The fourth-order valence-electron chi connectivity index (χ4n) is 3.45. The van der Waals surface area contributed by atoms with Crippen molar-refractivity contribution in [2.24, 2.45) is 0 Å². The number of hydrogen-bond acceptors (Lipinski definition) is 0. The minimum absolute atomic E-state index is 0.0232. The molecule has 0 radical (unpaired) electrons. The summed E-state index contributed by atoms with van der Waals surface area (Å²) in [5.74, 6) is 0. The molecule has 0 aliphatic rings. The Bertz CT molecular complexity index is 420. The van der Waals surface area contributed by atoms with Gasteiger partial charge in [0.15, 0.2) is 0 Å². The first-order valence-corrected chi connectivity index (χ1v) is 12.1. The molecule has 0 aromatic rings. The summed E-state index contributed by atoms with van der Waals surface area (Å²) < 4.78 is 0. The van der Waals surface area contributed by atoms with E-state index < -0.39 is 0 Å². The van der Waals surface area contributed by atoms with E-state index in [0.29, 0.717) is 0 Å². The molecule has 0 aliphatic heterocycles. The van der Waals surface area contributed by atoms with Gasteiger partial charge in [0, 0.05) is 10.3 Å². The molecule has 10 unspecified atom stereocenters. The van der Waals surface area contributed by atoms with Crippen molar-refractivity contribution in [1.82, 2.24) is 0 Å². The molecule has 0 amide bonds. The molecule has 0 bridgehead atoms. The van der Waals surface area contributed by atoms with Gasteiger partial charge in [0.05, 0.1) is 0 Å². The highest BCUT2D eigenvalue weighted by atomic mass is 31.0. The zero-order valence-corrected chi connectivity index (χ0v) is 23.5. The summed E-state index contributed by atoms with van der Waals surface area (Å²) >= 11 is 0. The van der Waals surface area contributed by atoms with Crippen LogP contribution in [-0.4, -0.2) is 33.6 Å². The van der Waals surface area contributed by atoms with Gasteiger partial charge in [0.1, 0.15) is 7.85 Å². The molecule has 0 fully saturated rings. The minimum atomic E-state index is 0.0232. The molecule has 6 heteroatoms. The number of hydrogen-bond donors (Lipinski definition) is 0. The van der Waals surface area contributed by atoms with Crippen molar-refractivity contribution in [2.45, 2.75) is 112 Å². The van der Waals surface area contributed by atoms with Gasteiger partial charge in [-0.05, 0) is 27.2 Å². The summed E-state index contributed by atoms with van der Waals surface area (Å²) in [4.78, 5) is 0. The van der Waals surface area contributed by atoms with Gasteiger partial charge < -0.3 is 0 Å². The Morgan fingerprint density at radius 3 is 1.42 bits per heavy atom. The Labute approximate surface area is 166 Å². The molecule has 0 aliphatic carbocycles. The van der Waals surface area contributed by atoms with E-state index in [-0.39, 0.29) is 31.1 Å². The third kappa shape index (κ3) is 4.61. The van der Waals surface area contributed by atoms with Crippen molar-refractivity contribution in [1.29, 1.82) is 0 Å². The quantitative estimate of drug-likeness (QED) is 0.257. The van der Waals surface area contributed by atoms with Crippen LogP contribution in [0.25, 0.3) is 0 Å². The summed E-state index contributed by atoms with van der Waals surface area (Å²) in [6.07, 6.45) is 5.14. The van der Waals surface area contributed by atoms with E-state index in [1.807, 2.05) is 0 Å². The van der Waals surface area contributed by atoms with E-state index in [1.54, 1.807) is 0 Å². The predicted molar refractivity (Wildman–Crippen MR) is 137 cm³/mol. The Kier molecular flexibility index (Phi) is 9.06. The minimum Gasteiger partial charge on any atom is -0.132 e. The number of unbranched alkanes of at least 4 members (excludes halogenated alkanes) is 2. The largest absolute Gasteiger partial charge is 0.132 e. The van der Waals surface area contributed by atoms with Crippen LogP contribution in [0, 0.1) is 0 Å². The molecular weight excluding hydrogens is 382 g/mol. The van der Waals surface area contributed by atoms with Gasteiger partial charge in [0.25, 0.3) is 0 Å². The second kappa shape index (κ2) is 8.30. The van der Waals surface area contributed by atoms with Gasteiger partial charge in [-0.3, -0.25) is 0 Å². The summed E-state index contributed by atoms with van der Waals surface area (Å²) in [5, 5.41) is 0.550. The SMILES string of the molecule is BC(C)(C(C)(C)P)C(C)(P)C(C)(P)C(C)(P)C(C)(P)CCCCC. The molecular formula is C18H44BP5. The molecule has 0 aromatic heterocycles. The second-order valence-corrected chi connectivity index (χ2v) is 16.0. The molecule has 0 nitrogen and oxygen atoms in total. The van der Waals surface area contributed by atoms with Crippen LogP contribution in [0.4, 0.5) is 0 Å². The van der Waals surface area contributed by atoms with E-state index >= 15 is 0 Å². The standard InChI is InChI=1S/C18H44BP5/c1-9-10-11-12-14(4,21)16(6,22)18(8,24)17(7,23)15(5,19)13(2,3)20/h9-12,19-24H2,1-8H3. The van der Waals surface area contributed by atoms with Crippen LogP contribution >= 0.6 is 46.2 Å². The van der Waals surface area contributed by atoms with Crippen molar-refractivity contribution < 1.29 is 0 Å². The molecule has 0 rings (SSSR count). The average molecular weight is 426 g/mol. The predicted octanol–water partition coefficient (Wildman–Crippen LogP) is 5.57. The van der Waals surface area contributed by atoms with Gasteiger partial charge in [-0.1, -0.05) is 74.7 Å². The first-order valence-electron chi connectivity index (χ1n) is 9.25. The lowest BCUT2D eigenvalue weighted by Crippen LogP contribution is -2.66. The maximum atomic E-state index is 3.25. The molecule has 10 atom stereocenters. The topological polar surface area (TPSA) is 0 Å². The van der Waals surface area contributed by atoms with E-state index in [1.165, 1.54) is 25.7 Å². The smallest absolute Gasteiger partial charge is 0.111 e. The highest BCUT2D eigenvalue weighted by Crippen LogP contribution is 2.67. The normalized spacial score (nSPS) is 25.7. The first kappa shape index (κ1) is 26.2. The lowest BCUT2D eigenvalue weighted by molar-refractivity contribution is 0.248. The summed E-state index contributed by atoms with van der Waals surface area (Å²) in [6.45, 7) is 19.1. The van der Waals surface area contributed by atoms with E-state index in [4.69, 9.17) is 0 Å². The van der Waals surface area contributed by atoms with E-state index in [0.717, 1.165) is 0 Å². The van der Waals surface area contributed by atoms with Crippen LogP contribution in [0.1, 0.15) is 81.1 Å². The zero-order chi connectivity index (χ0) is 19.8. The maximum Gasteiger partial charge on any atom is 0.111 e. The van der Waals surface area contributed by atoms with Gasteiger partial charge in [-0.15, -0.1) is 46.2 Å². The molecule has 0 saturated heterocycles. The van der Waals surface area contributed by atoms with Crippen LogP contribution < -0.4 is 0 Å². The van der Waals surface area contributed by atoms with Crippen molar-refractivity contribution in [2.75, 3.05) is 0 Å². The van der Waals surface area contributed by atoms with Gasteiger partial charge in [-0.2, -0.15) is 0 Å². The highest BCUT2D eigenvalue weighted by Gasteiger charge is 2.61. The molecule has 0 saturated carbocycles.